The van der Waals surface area contributed by atoms with Crippen LogP contribution in [-0.4, -0.2) is 6.54 Å². The van der Waals surface area contributed by atoms with Crippen molar-refractivity contribution in [2.24, 2.45) is 0 Å². The Balaban J connectivity index is 2.19. The molecule has 0 aliphatic heterocycles. The molecule has 1 aromatic heterocycles. The van der Waals surface area contributed by atoms with E-state index in [9.17, 15) is 0 Å². The van der Waals surface area contributed by atoms with E-state index in [2.05, 4.69) is 70.8 Å². The standard InChI is InChI=1S/C17H22BrNS/c1-3-9-19-16(17-14(4-2)8-10-20-17)12-13-6-5-7-15(18)11-13/h5-8,10-11,16,19H,3-4,9,12H2,1-2H3. The van der Waals surface area contributed by atoms with Crippen molar-refractivity contribution in [2.45, 2.75) is 39.2 Å². The van der Waals surface area contributed by atoms with Crippen LogP contribution in [0.1, 0.15) is 42.3 Å². The maximum Gasteiger partial charge on any atom is 0.0458 e. The van der Waals surface area contributed by atoms with Crippen LogP contribution in [0.25, 0.3) is 0 Å². The van der Waals surface area contributed by atoms with Crippen LogP contribution < -0.4 is 5.32 Å². The largest absolute Gasteiger partial charge is 0.309 e. The third kappa shape index (κ3) is 4.18. The van der Waals surface area contributed by atoms with Crippen molar-refractivity contribution >= 4 is 27.3 Å². The Kier molecular flexibility index (Phi) is 6.27. The number of nitrogens with one attached hydrogen (secondary N) is 1. The third-order valence-electron chi connectivity index (χ3n) is 3.45. The molecule has 0 saturated heterocycles. The van der Waals surface area contributed by atoms with Gasteiger partial charge < -0.3 is 5.32 Å². The molecule has 20 heavy (non-hydrogen) atoms. The molecule has 3 heteroatoms. The van der Waals surface area contributed by atoms with E-state index in [1.54, 1.807) is 0 Å². The van der Waals surface area contributed by atoms with E-state index < -0.39 is 0 Å². The summed E-state index contributed by atoms with van der Waals surface area (Å²) in [6, 6.07) is 11.3. The first-order valence-electron chi connectivity index (χ1n) is 7.28. The minimum absolute atomic E-state index is 0.430. The van der Waals surface area contributed by atoms with E-state index in [-0.39, 0.29) is 0 Å². The van der Waals surface area contributed by atoms with Gasteiger partial charge in [0, 0.05) is 15.4 Å². The zero-order valence-electron chi connectivity index (χ0n) is 12.2. The lowest BCUT2D eigenvalue weighted by Crippen LogP contribution is -2.24. The number of benzene rings is 1. The van der Waals surface area contributed by atoms with Crippen LogP contribution in [0, 0.1) is 0 Å². The van der Waals surface area contributed by atoms with E-state index in [0.717, 1.165) is 23.9 Å². The minimum Gasteiger partial charge on any atom is -0.309 e. The van der Waals surface area contributed by atoms with Crippen molar-refractivity contribution in [1.29, 1.82) is 0 Å². The highest BCUT2D eigenvalue weighted by atomic mass is 79.9. The van der Waals surface area contributed by atoms with E-state index >= 15 is 0 Å². The summed E-state index contributed by atoms with van der Waals surface area (Å²) in [4.78, 5) is 1.50. The van der Waals surface area contributed by atoms with E-state index in [1.165, 1.54) is 22.4 Å². The highest BCUT2D eigenvalue weighted by Crippen LogP contribution is 2.28. The molecule has 0 amide bonds. The molecular weight excluding hydrogens is 330 g/mol. The second-order valence-corrected chi connectivity index (χ2v) is 6.87. The fourth-order valence-electron chi connectivity index (χ4n) is 2.42. The molecule has 1 nitrogen and oxygen atoms in total. The quantitative estimate of drug-likeness (QED) is 0.708. The first-order chi connectivity index (χ1) is 9.74. The fraction of sp³-hybridized carbons (Fsp3) is 0.412. The molecule has 1 aromatic carbocycles. The van der Waals surface area contributed by atoms with E-state index in [1.807, 2.05) is 11.3 Å². The average Bonchev–Trinajstić information content (AvgIpc) is 2.92. The van der Waals surface area contributed by atoms with Crippen LogP contribution in [0.2, 0.25) is 0 Å². The van der Waals surface area contributed by atoms with Crippen LogP contribution in [0.4, 0.5) is 0 Å². The van der Waals surface area contributed by atoms with Gasteiger partial charge in [-0.2, -0.15) is 0 Å². The molecule has 1 heterocycles. The lowest BCUT2D eigenvalue weighted by molar-refractivity contribution is 0.533. The minimum atomic E-state index is 0.430. The summed E-state index contributed by atoms with van der Waals surface area (Å²) >= 11 is 5.45. The van der Waals surface area contributed by atoms with Crippen molar-refractivity contribution in [3.63, 3.8) is 0 Å². The summed E-state index contributed by atoms with van der Waals surface area (Å²) in [5.41, 5.74) is 2.86. The van der Waals surface area contributed by atoms with Crippen LogP contribution in [0.15, 0.2) is 40.2 Å². The van der Waals surface area contributed by atoms with Crippen LogP contribution >= 0.6 is 27.3 Å². The molecule has 0 aliphatic carbocycles. The zero-order valence-corrected chi connectivity index (χ0v) is 14.6. The normalized spacial score (nSPS) is 12.6. The van der Waals surface area contributed by atoms with Crippen LogP contribution in [-0.2, 0) is 12.8 Å². The SMILES string of the molecule is CCCNC(Cc1cccc(Br)c1)c1sccc1CC. The van der Waals surface area contributed by atoms with Gasteiger partial charge in [-0.3, -0.25) is 0 Å². The second kappa shape index (κ2) is 7.96. The topological polar surface area (TPSA) is 12.0 Å². The van der Waals surface area contributed by atoms with Gasteiger partial charge in [0.25, 0.3) is 0 Å². The van der Waals surface area contributed by atoms with Gasteiger partial charge in [0.2, 0.25) is 0 Å². The summed E-state index contributed by atoms with van der Waals surface area (Å²) in [6.45, 7) is 5.53. The molecule has 108 valence electrons. The predicted octanol–water partition coefficient (Wildman–Crippen LogP) is 5.36. The summed E-state index contributed by atoms with van der Waals surface area (Å²) in [5, 5.41) is 5.93. The molecule has 0 aliphatic rings. The van der Waals surface area contributed by atoms with Crippen molar-refractivity contribution in [3.05, 3.63) is 56.2 Å². The van der Waals surface area contributed by atoms with Crippen molar-refractivity contribution in [2.75, 3.05) is 6.54 Å². The molecule has 2 rings (SSSR count). The van der Waals surface area contributed by atoms with Gasteiger partial charge in [0.1, 0.15) is 0 Å². The van der Waals surface area contributed by atoms with Gasteiger partial charge in [0.15, 0.2) is 0 Å². The maximum absolute atomic E-state index is 3.71. The molecule has 1 atom stereocenters. The Morgan fingerprint density at radius 2 is 2.10 bits per heavy atom. The Bertz CT molecular complexity index is 535. The number of hydrogen-bond acceptors (Lipinski definition) is 2. The lowest BCUT2D eigenvalue weighted by Gasteiger charge is -2.19. The smallest absolute Gasteiger partial charge is 0.0458 e. The summed E-state index contributed by atoms with van der Waals surface area (Å²) in [6.07, 6.45) is 3.33. The molecule has 0 spiro atoms. The van der Waals surface area contributed by atoms with Crippen molar-refractivity contribution in [1.82, 2.24) is 5.32 Å². The van der Waals surface area contributed by atoms with Gasteiger partial charge >= 0.3 is 0 Å². The Labute approximate surface area is 134 Å². The summed E-state index contributed by atoms with van der Waals surface area (Å²) < 4.78 is 1.16. The average molecular weight is 352 g/mol. The molecule has 0 fully saturated rings. The first kappa shape index (κ1) is 15.7. The zero-order chi connectivity index (χ0) is 14.4. The third-order valence-corrected chi connectivity index (χ3v) is 5.01. The van der Waals surface area contributed by atoms with Gasteiger partial charge in [-0.1, -0.05) is 41.9 Å². The Morgan fingerprint density at radius 1 is 1.25 bits per heavy atom. The van der Waals surface area contributed by atoms with Gasteiger partial charge in [-0.15, -0.1) is 11.3 Å². The number of thiophene rings is 1. The highest BCUT2D eigenvalue weighted by Gasteiger charge is 2.16. The van der Waals surface area contributed by atoms with Gasteiger partial charge in [0.05, 0.1) is 0 Å². The molecule has 1 N–H and O–H groups in total. The molecule has 0 saturated carbocycles. The number of rotatable bonds is 7. The molecule has 0 bridgehead atoms. The molecule has 1 unspecified atom stereocenters. The second-order valence-electron chi connectivity index (χ2n) is 5.00. The Hall–Kier alpha value is -0.640. The van der Waals surface area contributed by atoms with E-state index in [4.69, 9.17) is 0 Å². The Morgan fingerprint density at radius 3 is 2.80 bits per heavy atom. The van der Waals surface area contributed by atoms with E-state index in [0.29, 0.717) is 6.04 Å². The summed E-state index contributed by atoms with van der Waals surface area (Å²) in [7, 11) is 0. The fourth-order valence-corrected chi connectivity index (χ4v) is 3.94. The first-order valence-corrected chi connectivity index (χ1v) is 8.96. The molecule has 0 radical (unpaired) electrons. The number of halogens is 1. The van der Waals surface area contributed by atoms with Crippen molar-refractivity contribution in [3.8, 4) is 0 Å². The maximum atomic E-state index is 3.71. The highest BCUT2D eigenvalue weighted by molar-refractivity contribution is 9.10. The molecular formula is C17H22BrNS. The van der Waals surface area contributed by atoms with Crippen LogP contribution in [0.3, 0.4) is 0 Å². The number of hydrogen-bond donors (Lipinski definition) is 1. The van der Waals surface area contributed by atoms with Gasteiger partial charge in [-0.05, 0) is 60.5 Å². The monoisotopic (exact) mass is 351 g/mol. The molecule has 2 aromatic rings. The lowest BCUT2D eigenvalue weighted by atomic mass is 10.0. The van der Waals surface area contributed by atoms with Crippen molar-refractivity contribution < 1.29 is 0 Å². The van der Waals surface area contributed by atoms with Gasteiger partial charge in [-0.25, -0.2) is 0 Å². The van der Waals surface area contributed by atoms with Crippen LogP contribution in [0.5, 0.6) is 0 Å². The predicted molar refractivity (Wildman–Crippen MR) is 92.6 cm³/mol. The summed E-state index contributed by atoms with van der Waals surface area (Å²) in [5.74, 6) is 0. The number of aryl methyl sites for hydroxylation is 1.